The minimum absolute atomic E-state index is 0.0643. The number of carbonyl (C=O) groups excluding carboxylic acids is 1. The molecule has 1 aromatic heterocycles. The molecule has 7 heteroatoms. The van der Waals surface area contributed by atoms with Gasteiger partial charge in [0.1, 0.15) is 12.4 Å². The van der Waals surface area contributed by atoms with E-state index >= 15 is 0 Å². The number of likely N-dealkylation sites (tertiary alicyclic amines) is 1. The van der Waals surface area contributed by atoms with E-state index in [0.29, 0.717) is 25.4 Å². The maximum atomic E-state index is 12.3. The van der Waals surface area contributed by atoms with Gasteiger partial charge in [-0.25, -0.2) is 4.79 Å². The number of para-hydroxylation sites is 2. The van der Waals surface area contributed by atoms with Crippen molar-refractivity contribution >= 4 is 6.03 Å². The summed E-state index contributed by atoms with van der Waals surface area (Å²) in [7, 11) is 0. The lowest BCUT2D eigenvalue weighted by Gasteiger charge is -2.27. The van der Waals surface area contributed by atoms with Crippen LogP contribution in [0.4, 0.5) is 4.79 Å². The second-order valence-corrected chi connectivity index (χ2v) is 6.86. The highest BCUT2D eigenvalue weighted by Gasteiger charge is 2.26. The van der Waals surface area contributed by atoms with Crippen LogP contribution in [0.25, 0.3) is 0 Å². The molecular weight excluding hydrogens is 346 g/mol. The van der Waals surface area contributed by atoms with E-state index in [1.807, 2.05) is 36.4 Å². The number of furan rings is 1. The lowest BCUT2D eigenvalue weighted by Crippen LogP contribution is -2.46. The van der Waals surface area contributed by atoms with Gasteiger partial charge in [-0.3, -0.25) is 4.90 Å². The molecule has 2 unspecified atom stereocenters. The number of urea groups is 1. The molecule has 0 bridgehead atoms. The van der Waals surface area contributed by atoms with E-state index in [1.54, 1.807) is 6.26 Å². The van der Waals surface area contributed by atoms with Crippen LogP contribution in [0, 0.1) is 0 Å². The highest BCUT2D eigenvalue weighted by molar-refractivity contribution is 5.73. The van der Waals surface area contributed by atoms with E-state index in [4.69, 9.17) is 13.9 Å². The summed E-state index contributed by atoms with van der Waals surface area (Å²) in [5.74, 6) is 2.34. The number of hydrogen-bond donors (Lipinski definition) is 2. The summed E-state index contributed by atoms with van der Waals surface area (Å²) in [4.78, 5) is 14.6. The minimum atomic E-state index is -0.215. The smallest absolute Gasteiger partial charge is 0.314 e. The molecule has 27 heavy (non-hydrogen) atoms. The first-order valence-electron chi connectivity index (χ1n) is 9.47. The molecule has 2 aliphatic heterocycles. The second kappa shape index (κ2) is 8.35. The standard InChI is InChI=1S/C20H25N3O4/c24-20(21-12-15-14-26-18-6-1-2-7-19(18)27-15)22-13-16(17-8-5-11-25-17)23-9-3-4-10-23/h1-2,5-8,11,15-16H,3-4,9-10,12-14H2,(H2,21,22,24). The normalized spacial score (nSPS) is 20.2. The molecule has 144 valence electrons. The summed E-state index contributed by atoms with van der Waals surface area (Å²) >= 11 is 0. The number of ether oxygens (including phenoxy) is 2. The maximum Gasteiger partial charge on any atom is 0.314 e. The lowest BCUT2D eigenvalue weighted by molar-refractivity contribution is 0.0917. The SMILES string of the molecule is O=C(NCC1COc2ccccc2O1)NCC(c1ccco1)N1CCCC1. The van der Waals surface area contributed by atoms with E-state index in [-0.39, 0.29) is 18.2 Å². The third kappa shape index (κ3) is 4.36. The summed E-state index contributed by atoms with van der Waals surface area (Å²) in [5, 5.41) is 5.83. The Morgan fingerprint density at radius 1 is 1.11 bits per heavy atom. The fourth-order valence-corrected chi connectivity index (χ4v) is 3.57. The first-order valence-corrected chi connectivity index (χ1v) is 9.47. The molecule has 2 N–H and O–H groups in total. The first kappa shape index (κ1) is 17.7. The Hall–Kier alpha value is -2.67. The predicted octanol–water partition coefficient (Wildman–Crippen LogP) is 2.56. The molecule has 1 aromatic carbocycles. The molecule has 2 aromatic rings. The number of rotatable bonds is 6. The second-order valence-electron chi connectivity index (χ2n) is 6.86. The number of amides is 2. The van der Waals surface area contributed by atoms with Crippen LogP contribution < -0.4 is 20.1 Å². The topological polar surface area (TPSA) is 76.0 Å². The quantitative estimate of drug-likeness (QED) is 0.816. The number of nitrogens with one attached hydrogen (secondary N) is 2. The Bertz CT molecular complexity index is 743. The van der Waals surface area contributed by atoms with Gasteiger partial charge >= 0.3 is 6.03 Å². The molecule has 1 saturated heterocycles. The van der Waals surface area contributed by atoms with Crippen molar-refractivity contribution in [1.82, 2.24) is 15.5 Å². The molecule has 2 amide bonds. The van der Waals surface area contributed by atoms with Gasteiger partial charge in [0, 0.05) is 6.54 Å². The molecule has 7 nitrogen and oxygen atoms in total. The van der Waals surface area contributed by atoms with Gasteiger partial charge < -0.3 is 24.5 Å². The summed E-state index contributed by atoms with van der Waals surface area (Å²) in [5.41, 5.74) is 0. The summed E-state index contributed by atoms with van der Waals surface area (Å²) < 4.78 is 17.1. The molecule has 0 radical (unpaired) electrons. The van der Waals surface area contributed by atoms with Crippen LogP contribution in [0.15, 0.2) is 47.1 Å². The third-order valence-corrected chi connectivity index (χ3v) is 4.97. The Morgan fingerprint density at radius 2 is 1.93 bits per heavy atom. The van der Waals surface area contributed by atoms with Crippen LogP contribution in [0.1, 0.15) is 24.6 Å². The molecule has 0 spiro atoms. The Labute approximate surface area is 158 Å². The zero-order chi connectivity index (χ0) is 18.5. The summed E-state index contributed by atoms with van der Waals surface area (Å²) in [6.07, 6.45) is 3.84. The van der Waals surface area contributed by atoms with E-state index < -0.39 is 0 Å². The molecule has 0 aliphatic carbocycles. The van der Waals surface area contributed by atoms with Crippen molar-refractivity contribution < 1.29 is 18.7 Å². The van der Waals surface area contributed by atoms with Crippen LogP contribution in [-0.2, 0) is 0 Å². The fourth-order valence-electron chi connectivity index (χ4n) is 3.57. The molecular formula is C20H25N3O4. The van der Waals surface area contributed by atoms with Crippen LogP contribution in [-0.4, -0.2) is 49.8 Å². The Balaban J connectivity index is 1.25. The van der Waals surface area contributed by atoms with E-state index in [0.717, 1.165) is 24.6 Å². The lowest BCUT2D eigenvalue weighted by atomic mass is 10.2. The third-order valence-electron chi connectivity index (χ3n) is 4.97. The van der Waals surface area contributed by atoms with Crippen molar-refractivity contribution in [2.75, 3.05) is 32.8 Å². The Morgan fingerprint density at radius 3 is 2.70 bits per heavy atom. The molecule has 3 heterocycles. The van der Waals surface area contributed by atoms with Gasteiger partial charge in [-0.2, -0.15) is 0 Å². The van der Waals surface area contributed by atoms with Crippen LogP contribution in [0.5, 0.6) is 11.5 Å². The summed E-state index contributed by atoms with van der Waals surface area (Å²) in [6.45, 7) is 3.36. The first-order chi connectivity index (χ1) is 13.3. The monoisotopic (exact) mass is 371 g/mol. The van der Waals surface area contributed by atoms with Gasteiger partial charge in [-0.1, -0.05) is 12.1 Å². The number of nitrogens with zero attached hydrogens (tertiary/aromatic N) is 1. The number of carbonyl (C=O) groups is 1. The van der Waals surface area contributed by atoms with Crippen molar-refractivity contribution in [3.8, 4) is 11.5 Å². The zero-order valence-electron chi connectivity index (χ0n) is 15.2. The van der Waals surface area contributed by atoms with E-state index in [2.05, 4.69) is 15.5 Å². The van der Waals surface area contributed by atoms with Gasteiger partial charge in [0.25, 0.3) is 0 Å². The highest BCUT2D eigenvalue weighted by atomic mass is 16.6. The van der Waals surface area contributed by atoms with Gasteiger partial charge in [-0.15, -0.1) is 0 Å². The van der Waals surface area contributed by atoms with Crippen molar-refractivity contribution in [2.24, 2.45) is 0 Å². The van der Waals surface area contributed by atoms with Gasteiger partial charge in [0.15, 0.2) is 17.6 Å². The maximum absolute atomic E-state index is 12.3. The van der Waals surface area contributed by atoms with Crippen molar-refractivity contribution in [1.29, 1.82) is 0 Å². The minimum Gasteiger partial charge on any atom is -0.486 e. The fraction of sp³-hybridized carbons (Fsp3) is 0.450. The molecule has 1 fully saturated rings. The zero-order valence-corrected chi connectivity index (χ0v) is 15.2. The highest BCUT2D eigenvalue weighted by Crippen LogP contribution is 2.30. The van der Waals surface area contributed by atoms with Crippen molar-refractivity contribution in [2.45, 2.75) is 25.0 Å². The van der Waals surface area contributed by atoms with Gasteiger partial charge in [0.2, 0.25) is 0 Å². The molecule has 2 aliphatic rings. The van der Waals surface area contributed by atoms with Gasteiger partial charge in [-0.05, 0) is 50.2 Å². The average molecular weight is 371 g/mol. The van der Waals surface area contributed by atoms with Gasteiger partial charge in [0.05, 0.1) is 18.8 Å². The number of benzene rings is 1. The largest absolute Gasteiger partial charge is 0.486 e. The molecule has 4 rings (SSSR count). The summed E-state index contributed by atoms with van der Waals surface area (Å²) in [6, 6.07) is 11.2. The van der Waals surface area contributed by atoms with Crippen LogP contribution in [0.3, 0.4) is 0 Å². The van der Waals surface area contributed by atoms with Crippen molar-refractivity contribution in [3.63, 3.8) is 0 Å². The number of fused-ring (bicyclic) bond motifs is 1. The van der Waals surface area contributed by atoms with Crippen LogP contribution >= 0.6 is 0 Å². The van der Waals surface area contributed by atoms with Crippen LogP contribution in [0.2, 0.25) is 0 Å². The predicted molar refractivity (Wildman–Crippen MR) is 100 cm³/mol. The van der Waals surface area contributed by atoms with Crippen molar-refractivity contribution in [3.05, 3.63) is 48.4 Å². The number of hydrogen-bond acceptors (Lipinski definition) is 5. The molecule has 0 saturated carbocycles. The Kier molecular flexibility index (Phi) is 5.48. The molecule has 2 atom stereocenters. The average Bonchev–Trinajstić information content (AvgIpc) is 3.41. The van der Waals surface area contributed by atoms with E-state index in [9.17, 15) is 4.79 Å². The van der Waals surface area contributed by atoms with E-state index in [1.165, 1.54) is 12.8 Å².